The number of carbonyl (C=O) groups is 1. The van der Waals surface area contributed by atoms with Crippen LogP contribution in [0.4, 0.5) is 0 Å². The predicted molar refractivity (Wildman–Crippen MR) is 92.8 cm³/mol. The molecule has 1 aliphatic carbocycles. The van der Waals surface area contributed by atoms with Gasteiger partial charge in [0.15, 0.2) is 0 Å². The molecule has 0 spiro atoms. The summed E-state index contributed by atoms with van der Waals surface area (Å²) < 4.78 is 5.78. The summed E-state index contributed by atoms with van der Waals surface area (Å²) in [5.41, 5.74) is 6.00. The molecule has 6 nitrogen and oxygen atoms in total. The third kappa shape index (κ3) is 3.12. The van der Waals surface area contributed by atoms with Gasteiger partial charge in [0.05, 0.1) is 5.54 Å². The highest BCUT2D eigenvalue weighted by atomic mass is 16.5. The summed E-state index contributed by atoms with van der Waals surface area (Å²) in [6.45, 7) is 0.523. The fourth-order valence-electron chi connectivity index (χ4n) is 3.69. The summed E-state index contributed by atoms with van der Waals surface area (Å²) in [5, 5.41) is 11.3. The Morgan fingerprint density at radius 1 is 1.42 bits per heavy atom. The summed E-state index contributed by atoms with van der Waals surface area (Å²) >= 11 is 0. The van der Waals surface area contributed by atoms with Gasteiger partial charge in [0.2, 0.25) is 5.91 Å². The van der Waals surface area contributed by atoms with Gasteiger partial charge >= 0.3 is 0 Å². The lowest BCUT2D eigenvalue weighted by molar-refractivity contribution is -0.130. The number of hydrogen-bond donors (Lipinski definition) is 3. The van der Waals surface area contributed by atoms with E-state index in [-0.39, 0.29) is 12.5 Å². The Kier molecular flexibility index (Phi) is 4.78. The molecular weight excluding hydrogens is 306 g/mol. The summed E-state index contributed by atoms with van der Waals surface area (Å²) in [6, 6.07) is 7.72. The average molecular weight is 331 g/mol. The van der Waals surface area contributed by atoms with Crippen LogP contribution in [-0.2, 0) is 4.79 Å². The minimum absolute atomic E-state index is 0.170. The van der Waals surface area contributed by atoms with Crippen LogP contribution >= 0.6 is 0 Å². The molecule has 2 aromatic rings. The van der Waals surface area contributed by atoms with Gasteiger partial charge in [0.25, 0.3) is 0 Å². The number of benzene rings is 1. The van der Waals surface area contributed by atoms with Crippen LogP contribution in [0.5, 0.6) is 5.75 Å². The fraction of sp³-hybridized carbons (Fsp3) is 0.500. The van der Waals surface area contributed by atoms with E-state index < -0.39 is 11.6 Å². The number of nitrogens with zero attached hydrogens (tertiary/aromatic N) is 1. The molecule has 1 aliphatic rings. The zero-order valence-electron chi connectivity index (χ0n) is 14.0. The molecule has 0 saturated heterocycles. The second-order valence-electron chi connectivity index (χ2n) is 6.64. The van der Waals surface area contributed by atoms with E-state index in [1.165, 1.54) is 0 Å². The predicted octanol–water partition coefficient (Wildman–Crippen LogP) is 1.64. The number of aromatic nitrogens is 1. The van der Waals surface area contributed by atoms with Gasteiger partial charge in [-0.3, -0.25) is 9.69 Å². The highest BCUT2D eigenvalue weighted by Gasteiger charge is 2.43. The van der Waals surface area contributed by atoms with Crippen molar-refractivity contribution in [1.29, 1.82) is 0 Å². The van der Waals surface area contributed by atoms with E-state index in [1.54, 1.807) is 0 Å². The molecule has 1 atom stereocenters. The Hall–Kier alpha value is -2.05. The SMILES string of the molecule is CN(CC(O)COc1cccc2[nH]ccc12)C1(C(N)=O)CCCC1. The number of hydrogen-bond acceptors (Lipinski definition) is 4. The summed E-state index contributed by atoms with van der Waals surface area (Å²) in [5.74, 6) is 0.439. The summed E-state index contributed by atoms with van der Waals surface area (Å²) in [6.07, 6.45) is 4.67. The highest BCUT2D eigenvalue weighted by molar-refractivity contribution is 5.86. The molecule has 1 fully saturated rings. The Morgan fingerprint density at radius 3 is 2.88 bits per heavy atom. The molecule has 1 unspecified atom stereocenters. The number of carbonyl (C=O) groups excluding carboxylic acids is 1. The number of β-amino-alcohol motifs (C(OH)–C–C–N with tert-alkyl or cyclic N) is 1. The number of H-pyrrole nitrogens is 1. The fourth-order valence-corrected chi connectivity index (χ4v) is 3.69. The third-order valence-corrected chi connectivity index (χ3v) is 5.09. The summed E-state index contributed by atoms with van der Waals surface area (Å²) in [4.78, 5) is 16.9. The second kappa shape index (κ2) is 6.83. The smallest absolute Gasteiger partial charge is 0.237 e. The van der Waals surface area contributed by atoms with Crippen LogP contribution in [0, 0.1) is 0 Å². The van der Waals surface area contributed by atoms with E-state index >= 15 is 0 Å². The molecule has 0 aliphatic heterocycles. The van der Waals surface area contributed by atoms with Gasteiger partial charge in [0.1, 0.15) is 18.5 Å². The first-order valence-corrected chi connectivity index (χ1v) is 8.41. The largest absolute Gasteiger partial charge is 0.490 e. The number of rotatable bonds is 7. The van der Waals surface area contributed by atoms with Crippen molar-refractivity contribution in [3.05, 3.63) is 30.5 Å². The summed E-state index contributed by atoms with van der Waals surface area (Å²) in [7, 11) is 1.85. The van der Waals surface area contributed by atoms with Crippen LogP contribution < -0.4 is 10.5 Å². The van der Waals surface area contributed by atoms with Gasteiger partial charge in [-0.25, -0.2) is 0 Å². The monoisotopic (exact) mass is 331 g/mol. The van der Waals surface area contributed by atoms with Crippen molar-refractivity contribution < 1.29 is 14.6 Å². The molecule has 1 saturated carbocycles. The number of nitrogens with one attached hydrogen (secondary N) is 1. The highest BCUT2D eigenvalue weighted by Crippen LogP contribution is 2.34. The molecule has 1 aromatic carbocycles. The zero-order valence-corrected chi connectivity index (χ0v) is 14.0. The maximum Gasteiger partial charge on any atom is 0.237 e. The van der Waals surface area contributed by atoms with Crippen molar-refractivity contribution in [2.24, 2.45) is 5.73 Å². The molecule has 24 heavy (non-hydrogen) atoms. The second-order valence-corrected chi connectivity index (χ2v) is 6.64. The van der Waals surface area contributed by atoms with Gasteiger partial charge in [-0.05, 0) is 38.1 Å². The van der Waals surface area contributed by atoms with E-state index in [0.29, 0.717) is 6.54 Å². The first-order chi connectivity index (χ1) is 11.5. The van der Waals surface area contributed by atoms with Crippen molar-refractivity contribution in [2.75, 3.05) is 20.2 Å². The normalized spacial score (nSPS) is 18.1. The van der Waals surface area contributed by atoms with Gasteiger partial charge in [-0.2, -0.15) is 0 Å². The van der Waals surface area contributed by atoms with Crippen LogP contribution in [0.2, 0.25) is 0 Å². The number of ether oxygens (including phenoxy) is 1. The van der Waals surface area contributed by atoms with E-state index in [2.05, 4.69) is 4.98 Å². The third-order valence-electron chi connectivity index (χ3n) is 5.09. The lowest BCUT2D eigenvalue weighted by Crippen LogP contribution is -2.56. The van der Waals surface area contributed by atoms with Crippen molar-refractivity contribution in [1.82, 2.24) is 9.88 Å². The zero-order chi connectivity index (χ0) is 17.2. The number of nitrogens with two attached hydrogens (primary N) is 1. The molecular formula is C18H25N3O3. The number of likely N-dealkylation sites (N-methyl/N-ethyl adjacent to an activating group) is 1. The molecule has 1 amide bonds. The van der Waals surface area contributed by atoms with Crippen molar-refractivity contribution in [2.45, 2.75) is 37.3 Å². The van der Waals surface area contributed by atoms with Crippen molar-refractivity contribution in [3.8, 4) is 5.75 Å². The quantitative estimate of drug-likeness (QED) is 0.719. The van der Waals surface area contributed by atoms with E-state index in [0.717, 1.165) is 42.3 Å². The number of fused-ring (bicyclic) bond motifs is 1. The van der Waals surface area contributed by atoms with Crippen LogP contribution in [0.25, 0.3) is 10.9 Å². The molecule has 1 heterocycles. The Labute approximate surface area is 141 Å². The minimum Gasteiger partial charge on any atom is -0.490 e. The molecule has 130 valence electrons. The number of primary amides is 1. The lowest BCUT2D eigenvalue weighted by atomic mass is 9.94. The molecule has 0 bridgehead atoms. The number of amides is 1. The maximum absolute atomic E-state index is 11.9. The Morgan fingerprint density at radius 2 is 2.17 bits per heavy atom. The molecule has 4 N–H and O–H groups in total. The van der Waals surface area contributed by atoms with Crippen LogP contribution in [0.3, 0.4) is 0 Å². The first kappa shape index (κ1) is 16.8. The van der Waals surface area contributed by atoms with Crippen LogP contribution in [0.15, 0.2) is 30.5 Å². The molecule has 1 aromatic heterocycles. The van der Waals surface area contributed by atoms with E-state index in [9.17, 15) is 9.90 Å². The van der Waals surface area contributed by atoms with Gasteiger partial charge < -0.3 is 20.6 Å². The number of aliphatic hydroxyl groups is 1. The number of aliphatic hydroxyl groups excluding tert-OH is 1. The Bertz CT molecular complexity index is 706. The maximum atomic E-state index is 11.9. The van der Waals surface area contributed by atoms with E-state index in [4.69, 9.17) is 10.5 Å². The van der Waals surface area contributed by atoms with E-state index in [1.807, 2.05) is 42.4 Å². The van der Waals surface area contributed by atoms with Crippen LogP contribution in [0.1, 0.15) is 25.7 Å². The van der Waals surface area contributed by atoms with Crippen LogP contribution in [-0.4, -0.2) is 52.7 Å². The Balaban J connectivity index is 1.60. The lowest BCUT2D eigenvalue weighted by Gasteiger charge is -2.37. The number of aromatic amines is 1. The standard InChI is InChI=1S/C18H25N3O3/c1-21(18(17(19)23)8-2-3-9-18)11-13(22)12-24-16-6-4-5-15-14(16)7-10-20-15/h4-7,10,13,20,22H,2-3,8-9,11-12H2,1H3,(H2,19,23). The van der Waals surface area contributed by atoms with Gasteiger partial charge in [-0.15, -0.1) is 0 Å². The van der Waals surface area contributed by atoms with Gasteiger partial charge in [-0.1, -0.05) is 18.9 Å². The molecule has 3 rings (SSSR count). The average Bonchev–Trinajstić information content (AvgIpc) is 3.22. The van der Waals surface area contributed by atoms with Crippen molar-refractivity contribution >= 4 is 16.8 Å². The minimum atomic E-state index is -0.693. The van der Waals surface area contributed by atoms with Gasteiger partial charge in [0, 0.05) is 23.6 Å². The topological polar surface area (TPSA) is 91.6 Å². The van der Waals surface area contributed by atoms with Crippen molar-refractivity contribution in [3.63, 3.8) is 0 Å². The molecule has 6 heteroatoms. The first-order valence-electron chi connectivity index (χ1n) is 8.41. The molecule has 0 radical (unpaired) electrons.